The SMILES string of the molecule is O=C(CC[C@H]1CN(Cc2ccncc2)CC[C@H]1N1CCN(c2cccc(C(F)(F)F)c2)CC1)NCc1cccc(F)c1. The summed E-state index contributed by atoms with van der Waals surface area (Å²) in [6.07, 6.45) is 1.30. The Bertz CT molecular complexity index is 1310. The number of nitrogens with one attached hydrogen (secondary N) is 1. The summed E-state index contributed by atoms with van der Waals surface area (Å²) in [4.78, 5) is 23.8. The second-order valence-corrected chi connectivity index (χ2v) is 11.2. The summed E-state index contributed by atoms with van der Waals surface area (Å²) in [6, 6.07) is 16.1. The van der Waals surface area contributed by atoms with Gasteiger partial charge in [0.1, 0.15) is 5.82 Å². The normalized spacial score (nSPS) is 20.4. The van der Waals surface area contributed by atoms with Gasteiger partial charge in [-0.15, -0.1) is 0 Å². The molecule has 1 aromatic heterocycles. The highest BCUT2D eigenvalue weighted by atomic mass is 19.4. The molecular weight excluding hydrogens is 546 g/mol. The lowest BCUT2D eigenvalue weighted by molar-refractivity contribution is -0.137. The number of carbonyl (C=O) groups excluding carboxylic acids is 1. The van der Waals surface area contributed by atoms with Crippen LogP contribution in [-0.4, -0.2) is 66.0 Å². The van der Waals surface area contributed by atoms with E-state index in [1.54, 1.807) is 30.6 Å². The lowest BCUT2D eigenvalue weighted by Gasteiger charge is -2.47. The Morgan fingerprint density at radius 2 is 1.69 bits per heavy atom. The number of piperazine rings is 1. The van der Waals surface area contributed by atoms with Gasteiger partial charge in [-0.25, -0.2) is 4.39 Å². The van der Waals surface area contributed by atoms with Gasteiger partial charge < -0.3 is 10.2 Å². The molecule has 3 aromatic rings. The summed E-state index contributed by atoms with van der Waals surface area (Å²) >= 11 is 0. The number of halogens is 4. The van der Waals surface area contributed by atoms with Crippen molar-refractivity contribution < 1.29 is 22.4 Å². The van der Waals surface area contributed by atoms with Crippen LogP contribution in [0.25, 0.3) is 0 Å². The molecule has 2 aromatic carbocycles. The maximum absolute atomic E-state index is 13.5. The molecule has 224 valence electrons. The van der Waals surface area contributed by atoms with Crippen LogP contribution in [0.15, 0.2) is 73.1 Å². The number of piperidine rings is 1. The molecule has 0 unspecified atom stereocenters. The van der Waals surface area contributed by atoms with Crippen LogP contribution in [0.2, 0.25) is 0 Å². The maximum Gasteiger partial charge on any atom is 0.416 e. The third kappa shape index (κ3) is 8.07. The third-order valence-electron chi connectivity index (χ3n) is 8.38. The van der Waals surface area contributed by atoms with Gasteiger partial charge in [0.05, 0.1) is 5.56 Å². The molecular formula is C32H37F4N5O. The minimum absolute atomic E-state index is 0.0568. The van der Waals surface area contributed by atoms with Gasteiger partial charge in [-0.2, -0.15) is 13.2 Å². The van der Waals surface area contributed by atoms with Crippen LogP contribution in [0.3, 0.4) is 0 Å². The van der Waals surface area contributed by atoms with Crippen LogP contribution >= 0.6 is 0 Å². The van der Waals surface area contributed by atoms with Crippen LogP contribution in [-0.2, 0) is 24.1 Å². The molecule has 1 amide bonds. The van der Waals surface area contributed by atoms with Gasteiger partial charge in [0.25, 0.3) is 0 Å². The van der Waals surface area contributed by atoms with Crippen molar-refractivity contribution >= 4 is 11.6 Å². The Morgan fingerprint density at radius 3 is 2.43 bits per heavy atom. The number of carbonyl (C=O) groups is 1. The van der Waals surface area contributed by atoms with Crippen molar-refractivity contribution in [2.24, 2.45) is 5.92 Å². The molecule has 0 aliphatic carbocycles. The van der Waals surface area contributed by atoms with Crippen LogP contribution in [0, 0.1) is 11.7 Å². The molecule has 1 N–H and O–H groups in total. The number of likely N-dealkylation sites (tertiary alicyclic amines) is 1. The molecule has 0 radical (unpaired) electrons. The zero-order valence-electron chi connectivity index (χ0n) is 23.6. The molecule has 0 bridgehead atoms. The summed E-state index contributed by atoms with van der Waals surface area (Å²) in [5.41, 5.74) is 1.90. The molecule has 10 heteroatoms. The van der Waals surface area contributed by atoms with Gasteiger partial charge >= 0.3 is 6.18 Å². The highest BCUT2D eigenvalue weighted by molar-refractivity contribution is 5.75. The van der Waals surface area contributed by atoms with Crippen LogP contribution in [0.1, 0.15) is 36.0 Å². The second-order valence-electron chi connectivity index (χ2n) is 11.2. The van der Waals surface area contributed by atoms with Crippen molar-refractivity contribution in [3.05, 3.63) is 95.6 Å². The first-order valence-corrected chi connectivity index (χ1v) is 14.5. The number of alkyl halides is 3. The number of amides is 1. The minimum atomic E-state index is -4.36. The Kier molecular flexibility index (Phi) is 9.74. The van der Waals surface area contributed by atoms with Crippen molar-refractivity contribution in [1.29, 1.82) is 0 Å². The van der Waals surface area contributed by atoms with E-state index < -0.39 is 11.7 Å². The van der Waals surface area contributed by atoms with Crippen molar-refractivity contribution in [3.8, 4) is 0 Å². The summed E-state index contributed by atoms with van der Waals surface area (Å²) in [6.45, 7) is 5.72. The standard InChI is InChI=1S/C32H37F4N5O/c33-28-5-1-3-25(19-28)21-38-31(42)8-7-26-23-39(22-24-9-12-37-13-10-24)14-11-30(26)41-17-15-40(16-18-41)29-6-2-4-27(20-29)32(34,35)36/h1-6,9-10,12-13,19-20,26,30H,7-8,11,14-18,21-23H2,(H,38,42)/t26-,30+/m0/s1. The van der Waals surface area contributed by atoms with Crippen molar-refractivity contribution in [1.82, 2.24) is 20.1 Å². The molecule has 0 spiro atoms. The van der Waals surface area contributed by atoms with Gasteiger partial charge in [0.15, 0.2) is 0 Å². The van der Waals surface area contributed by atoms with E-state index in [4.69, 9.17) is 0 Å². The monoisotopic (exact) mass is 583 g/mol. The van der Waals surface area contributed by atoms with E-state index in [0.717, 1.165) is 57.2 Å². The fraction of sp³-hybridized carbons (Fsp3) is 0.438. The molecule has 2 aliphatic heterocycles. The summed E-state index contributed by atoms with van der Waals surface area (Å²) in [5.74, 6) is -0.117. The van der Waals surface area contributed by atoms with Gasteiger partial charge in [-0.3, -0.25) is 19.6 Å². The fourth-order valence-corrected chi connectivity index (χ4v) is 6.19. The molecule has 5 rings (SSSR count). The molecule has 2 atom stereocenters. The smallest absolute Gasteiger partial charge is 0.369 e. The van der Waals surface area contributed by atoms with Gasteiger partial charge in [0.2, 0.25) is 5.91 Å². The Balaban J connectivity index is 1.20. The fourth-order valence-electron chi connectivity index (χ4n) is 6.19. The molecule has 42 heavy (non-hydrogen) atoms. The molecule has 2 aliphatic rings. The van der Waals surface area contributed by atoms with Gasteiger partial charge in [0, 0.05) is 76.4 Å². The van der Waals surface area contributed by atoms with Crippen LogP contribution in [0.4, 0.5) is 23.2 Å². The van der Waals surface area contributed by atoms with E-state index >= 15 is 0 Å². The number of aromatic nitrogens is 1. The summed E-state index contributed by atoms with van der Waals surface area (Å²) in [7, 11) is 0. The number of pyridine rings is 1. The first kappa shape index (κ1) is 30.0. The van der Waals surface area contributed by atoms with Crippen molar-refractivity contribution in [3.63, 3.8) is 0 Å². The highest BCUT2D eigenvalue weighted by Crippen LogP contribution is 2.33. The molecule has 2 fully saturated rings. The summed E-state index contributed by atoms with van der Waals surface area (Å²) in [5, 5.41) is 2.92. The molecule has 3 heterocycles. The average Bonchev–Trinajstić information content (AvgIpc) is 2.99. The van der Waals surface area contributed by atoms with Crippen molar-refractivity contribution in [2.75, 3.05) is 44.2 Å². The summed E-state index contributed by atoms with van der Waals surface area (Å²) < 4.78 is 53.3. The molecule has 2 saturated heterocycles. The zero-order valence-corrected chi connectivity index (χ0v) is 23.6. The minimum Gasteiger partial charge on any atom is -0.369 e. The average molecular weight is 584 g/mol. The number of nitrogens with zero attached hydrogens (tertiary/aromatic N) is 4. The van der Waals surface area contributed by atoms with Crippen LogP contribution < -0.4 is 10.2 Å². The van der Waals surface area contributed by atoms with Crippen molar-refractivity contribution in [2.45, 2.75) is 44.6 Å². The van der Waals surface area contributed by atoms with Crippen LogP contribution in [0.5, 0.6) is 0 Å². The Labute approximate surface area is 244 Å². The largest absolute Gasteiger partial charge is 0.416 e. The number of anilines is 1. The van der Waals surface area contributed by atoms with E-state index in [0.29, 0.717) is 31.2 Å². The number of rotatable bonds is 9. The first-order chi connectivity index (χ1) is 20.2. The van der Waals surface area contributed by atoms with E-state index in [2.05, 4.69) is 20.1 Å². The van der Waals surface area contributed by atoms with Gasteiger partial charge in [-0.05, 0) is 78.9 Å². The zero-order chi connectivity index (χ0) is 29.5. The van der Waals surface area contributed by atoms with E-state index in [1.165, 1.54) is 29.8 Å². The number of hydrogen-bond acceptors (Lipinski definition) is 5. The molecule has 0 saturated carbocycles. The Morgan fingerprint density at radius 1 is 0.929 bits per heavy atom. The Hall–Kier alpha value is -3.50. The third-order valence-corrected chi connectivity index (χ3v) is 8.38. The van der Waals surface area contributed by atoms with E-state index in [1.807, 2.05) is 17.0 Å². The van der Waals surface area contributed by atoms with E-state index in [-0.39, 0.29) is 24.2 Å². The van der Waals surface area contributed by atoms with E-state index in [9.17, 15) is 22.4 Å². The highest BCUT2D eigenvalue weighted by Gasteiger charge is 2.35. The second kappa shape index (κ2) is 13.6. The lowest BCUT2D eigenvalue weighted by atomic mass is 9.86. The number of hydrogen-bond donors (Lipinski definition) is 1. The first-order valence-electron chi connectivity index (χ1n) is 14.5. The predicted octanol–water partition coefficient (Wildman–Crippen LogP) is 5.35. The van der Waals surface area contributed by atoms with Gasteiger partial charge in [-0.1, -0.05) is 18.2 Å². The number of benzene rings is 2. The molecule has 6 nitrogen and oxygen atoms in total. The maximum atomic E-state index is 13.5. The quantitative estimate of drug-likeness (QED) is 0.345. The lowest BCUT2D eigenvalue weighted by Crippen LogP contribution is -2.56. The predicted molar refractivity (Wildman–Crippen MR) is 154 cm³/mol. The topological polar surface area (TPSA) is 51.7 Å².